The maximum absolute atomic E-state index is 13.4. The highest BCUT2D eigenvalue weighted by molar-refractivity contribution is 7.87. The Bertz CT molecular complexity index is 1010. The Balaban J connectivity index is 1.60. The molecule has 0 spiro atoms. The molecule has 0 saturated heterocycles. The zero-order chi connectivity index (χ0) is 21.7. The Morgan fingerprint density at radius 1 is 1.33 bits per heavy atom. The predicted octanol–water partition coefficient (Wildman–Crippen LogP) is 2.33. The number of benzene rings is 1. The molecule has 2 aromatic rings. The first-order chi connectivity index (χ1) is 14.2. The van der Waals surface area contributed by atoms with Crippen LogP contribution in [-0.2, 0) is 10.2 Å². The zero-order valence-corrected chi connectivity index (χ0v) is 18.1. The third-order valence-corrected chi connectivity index (χ3v) is 5.81. The second-order valence-corrected chi connectivity index (χ2v) is 8.91. The van der Waals surface area contributed by atoms with Gasteiger partial charge in [0, 0.05) is 18.3 Å². The molecule has 1 fully saturated rings. The molecule has 1 aliphatic rings. The molecular formula is C16H21ClFN7O3S2. The maximum atomic E-state index is 13.4. The van der Waals surface area contributed by atoms with Gasteiger partial charge in [0.15, 0.2) is 11.5 Å². The summed E-state index contributed by atoms with van der Waals surface area (Å²) in [5, 5.41) is 18.9. The van der Waals surface area contributed by atoms with Crippen LogP contribution in [-0.4, -0.2) is 37.2 Å². The van der Waals surface area contributed by atoms with Crippen molar-refractivity contribution in [1.29, 1.82) is 0 Å². The summed E-state index contributed by atoms with van der Waals surface area (Å²) in [5.41, 5.74) is 0.800. The molecule has 10 nitrogen and oxygen atoms in total. The summed E-state index contributed by atoms with van der Waals surface area (Å²) in [4.78, 5) is 0. The fourth-order valence-electron chi connectivity index (χ4n) is 3.22. The predicted molar refractivity (Wildman–Crippen MR) is 115 cm³/mol. The second-order valence-electron chi connectivity index (χ2n) is 6.92. The quantitative estimate of drug-likeness (QED) is 0.233. The van der Waals surface area contributed by atoms with E-state index < -0.39 is 16.0 Å². The average Bonchev–Trinajstić information content (AvgIpc) is 3.15. The van der Waals surface area contributed by atoms with Gasteiger partial charge in [0.2, 0.25) is 5.82 Å². The first-order valence-corrected chi connectivity index (χ1v) is 11.4. The number of rotatable bonds is 7. The monoisotopic (exact) mass is 477 g/mol. The largest absolute Gasteiger partial charge is 0.363 e. The average molecular weight is 478 g/mol. The Labute approximate surface area is 183 Å². The van der Waals surface area contributed by atoms with Crippen LogP contribution < -0.4 is 20.5 Å². The van der Waals surface area contributed by atoms with Crippen molar-refractivity contribution in [3.63, 3.8) is 0 Å². The number of hydrogen-bond acceptors (Lipinski definition) is 8. The highest BCUT2D eigenvalue weighted by Crippen LogP contribution is 2.27. The Morgan fingerprint density at radius 3 is 2.70 bits per heavy atom. The van der Waals surface area contributed by atoms with Crippen molar-refractivity contribution in [3.8, 4) is 0 Å². The van der Waals surface area contributed by atoms with Gasteiger partial charge in [-0.25, -0.2) is 18.9 Å². The van der Waals surface area contributed by atoms with E-state index >= 15 is 0 Å². The van der Waals surface area contributed by atoms with Gasteiger partial charge in [0.1, 0.15) is 5.82 Å². The van der Waals surface area contributed by atoms with E-state index in [1.807, 2.05) is 0 Å². The standard InChI is InChI=1S/C16H21ClFN7O3S2/c17-12-7-11(5-6-13(12)18)22-16(25-29)14-15(24-28-23-14)21-10-3-1-9(2-4-10)8-20-30(19,26)27/h5-7,9-10,20,29H,1-4,8H2,(H,21,24)(H,22,25)(H2,19,26,27). The molecule has 3 rings (SSSR count). The van der Waals surface area contributed by atoms with Gasteiger partial charge in [-0.05, 0) is 72.9 Å². The fourth-order valence-corrected chi connectivity index (χ4v) is 4.01. The van der Waals surface area contributed by atoms with Crippen molar-refractivity contribution >= 4 is 52.0 Å². The van der Waals surface area contributed by atoms with Crippen LogP contribution in [0.1, 0.15) is 31.4 Å². The summed E-state index contributed by atoms with van der Waals surface area (Å²) in [6.07, 6.45) is 3.25. The van der Waals surface area contributed by atoms with E-state index in [0.717, 1.165) is 25.7 Å². The number of nitrogens with one attached hydrogen (secondary N) is 3. The number of amidine groups is 1. The normalized spacial score (nSPS) is 20.2. The van der Waals surface area contributed by atoms with Crippen molar-refractivity contribution in [2.45, 2.75) is 31.7 Å². The van der Waals surface area contributed by atoms with Crippen LogP contribution in [0.25, 0.3) is 0 Å². The first-order valence-electron chi connectivity index (χ1n) is 9.06. The van der Waals surface area contributed by atoms with Crippen LogP contribution in [0.4, 0.5) is 15.9 Å². The van der Waals surface area contributed by atoms with Crippen LogP contribution in [0.5, 0.6) is 0 Å². The fraction of sp³-hybridized carbons (Fsp3) is 0.438. The summed E-state index contributed by atoms with van der Waals surface area (Å²) in [6, 6.07) is 4.23. The Morgan fingerprint density at radius 2 is 2.07 bits per heavy atom. The number of nitrogens with zero attached hydrogens (tertiary/aromatic N) is 3. The van der Waals surface area contributed by atoms with E-state index in [9.17, 15) is 12.8 Å². The SMILES string of the molecule is NS(=O)(=O)NCC1CCC(Nc2nonc2C(=NS)Nc2ccc(F)c(Cl)c2)CC1. The summed E-state index contributed by atoms with van der Waals surface area (Å²) >= 11 is 9.77. The molecule has 30 heavy (non-hydrogen) atoms. The van der Waals surface area contributed by atoms with Crippen LogP contribution in [0.15, 0.2) is 27.2 Å². The van der Waals surface area contributed by atoms with Gasteiger partial charge in [-0.2, -0.15) is 12.8 Å². The number of hydrogen-bond donors (Lipinski definition) is 5. The Hall–Kier alpha value is -1.93. The van der Waals surface area contributed by atoms with Gasteiger partial charge < -0.3 is 10.6 Å². The topological polar surface area (TPSA) is 148 Å². The molecule has 1 aromatic carbocycles. The van der Waals surface area contributed by atoms with Gasteiger partial charge in [0.25, 0.3) is 10.2 Å². The van der Waals surface area contributed by atoms with Crippen molar-refractivity contribution in [3.05, 3.63) is 34.7 Å². The molecule has 1 heterocycles. The number of aromatic nitrogens is 2. The molecule has 0 bridgehead atoms. The lowest BCUT2D eigenvalue weighted by molar-refractivity contribution is 0.305. The molecule has 0 amide bonds. The summed E-state index contributed by atoms with van der Waals surface area (Å²) < 4.78 is 46.5. The maximum Gasteiger partial charge on any atom is 0.274 e. The smallest absolute Gasteiger partial charge is 0.274 e. The molecule has 164 valence electrons. The molecule has 5 N–H and O–H groups in total. The number of anilines is 2. The van der Waals surface area contributed by atoms with Crippen molar-refractivity contribution in [2.75, 3.05) is 17.2 Å². The Kier molecular flexibility index (Phi) is 7.52. The van der Waals surface area contributed by atoms with Crippen molar-refractivity contribution < 1.29 is 17.4 Å². The van der Waals surface area contributed by atoms with Crippen molar-refractivity contribution in [2.24, 2.45) is 15.5 Å². The molecule has 0 radical (unpaired) electrons. The third kappa shape index (κ3) is 6.28. The van der Waals surface area contributed by atoms with E-state index in [-0.39, 0.29) is 22.8 Å². The van der Waals surface area contributed by atoms with Gasteiger partial charge in [-0.3, -0.25) is 0 Å². The van der Waals surface area contributed by atoms with E-state index in [4.69, 9.17) is 21.4 Å². The van der Waals surface area contributed by atoms with Crippen LogP contribution >= 0.6 is 24.4 Å². The highest BCUT2D eigenvalue weighted by Gasteiger charge is 2.25. The number of halogens is 2. The lowest BCUT2D eigenvalue weighted by atomic mass is 9.86. The van der Waals surface area contributed by atoms with Gasteiger partial charge >= 0.3 is 0 Å². The third-order valence-electron chi connectivity index (χ3n) is 4.76. The molecule has 0 atom stereocenters. The molecule has 1 aromatic heterocycles. The molecule has 1 saturated carbocycles. The van der Waals surface area contributed by atoms with E-state index in [1.165, 1.54) is 18.2 Å². The van der Waals surface area contributed by atoms with Crippen molar-refractivity contribution in [1.82, 2.24) is 15.0 Å². The van der Waals surface area contributed by atoms with Crippen LogP contribution in [0.2, 0.25) is 5.02 Å². The minimum atomic E-state index is -3.68. The lowest BCUT2D eigenvalue weighted by Gasteiger charge is -2.29. The van der Waals surface area contributed by atoms with Crippen LogP contribution in [0.3, 0.4) is 0 Å². The molecular weight excluding hydrogens is 457 g/mol. The van der Waals surface area contributed by atoms with Crippen LogP contribution in [0, 0.1) is 11.7 Å². The van der Waals surface area contributed by atoms with E-state index in [2.05, 4.69) is 42.9 Å². The summed E-state index contributed by atoms with van der Waals surface area (Å²) in [5.74, 6) is 0.313. The minimum absolute atomic E-state index is 0.0381. The van der Waals surface area contributed by atoms with E-state index in [1.54, 1.807) is 0 Å². The van der Waals surface area contributed by atoms with Gasteiger partial charge in [-0.15, -0.1) is 0 Å². The van der Waals surface area contributed by atoms with Gasteiger partial charge in [-0.1, -0.05) is 11.6 Å². The molecule has 1 aliphatic carbocycles. The second kappa shape index (κ2) is 9.92. The number of nitrogens with two attached hydrogens (primary N) is 1. The minimum Gasteiger partial charge on any atom is -0.363 e. The zero-order valence-electron chi connectivity index (χ0n) is 15.7. The molecule has 14 heteroatoms. The van der Waals surface area contributed by atoms with Gasteiger partial charge in [0.05, 0.1) is 5.02 Å². The van der Waals surface area contributed by atoms with E-state index in [0.29, 0.717) is 23.7 Å². The first kappa shape index (κ1) is 22.7. The molecule has 0 unspecified atom stereocenters. The summed E-state index contributed by atoms with van der Waals surface area (Å²) in [6.45, 7) is 0.322. The molecule has 0 aliphatic heterocycles. The highest BCUT2D eigenvalue weighted by atomic mass is 35.5. The lowest BCUT2D eigenvalue weighted by Crippen LogP contribution is -2.37. The number of thiol groups is 1. The summed E-state index contributed by atoms with van der Waals surface area (Å²) in [7, 11) is -3.68.